The first-order chi connectivity index (χ1) is 22.3. The summed E-state index contributed by atoms with van der Waals surface area (Å²) in [5.41, 5.74) is 1.03. The van der Waals surface area contributed by atoms with Crippen LogP contribution in [0.25, 0.3) is 0 Å². The Hall–Kier alpha value is -0.000000000000000111. The Kier molecular flexibility index (Phi) is 17.8. The second-order valence-corrected chi connectivity index (χ2v) is 18.6. The van der Waals surface area contributed by atoms with Crippen LogP contribution in [-0.4, -0.2) is 120 Å². The summed E-state index contributed by atoms with van der Waals surface area (Å²) < 4.78 is 14.1. The first-order valence-corrected chi connectivity index (χ1v) is 21.5. The molecule has 272 valence electrons. The number of ether oxygens (including phenoxy) is 2. The number of likely N-dealkylation sites (tertiary alicyclic amines) is 1. The van der Waals surface area contributed by atoms with E-state index in [9.17, 15) is 24.9 Å². The van der Waals surface area contributed by atoms with Crippen molar-refractivity contribution in [3.8, 4) is 0 Å². The number of ketones is 1. The number of alkyl halides is 2. The molecule has 0 saturated carbocycles. The third-order valence-electron chi connectivity index (χ3n) is 10.3. The topological polar surface area (TPSA) is 120 Å². The van der Waals surface area contributed by atoms with E-state index in [1.807, 2.05) is 40.9 Å². The molecule has 3 aliphatic rings. The molecule has 47 heavy (non-hydrogen) atoms. The zero-order chi connectivity index (χ0) is 34.8. The molecule has 0 aromatic carbocycles. The number of aliphatic hydroxyl groups excluding tert-OH is 3. The second-order valence-electron chi connectivity index (χ2n) is 14.3. The van der Waals surface area contributed by atoms with Gasteiger partial charge in [-0.05, 0) is 0 Å². The summed E-state index contributed by atoms with van der Waals surface area (Å²) in [6.07, 6.45) is 6.44. The molecule has 11 heteroatoms. The van der Waals surface area contributed by atoms with Crippen molar-refractivity contribution in [2.45, 2.75) is 126 Å². The molecule has 0 aromatic heterocycles. The van der Waals surface area contributed by atoms with Gasteiger partial charge in [0.05, 0.1) is 0 Å². The zero-order valence-electron chi connectivity index (χ0n) is 29.6. The van der Waals surface area contributed by atoms with Crippen LogP contribution in [0.15, 0.2) is 23.8 Å². The molecule has 12 unspecified atom stereocenters. The summed E-state index contributed by atoms with van der Waals surface area (Å²) in [7, 11) is 3.62. The van der Waals surface area contributed by atoms with Gasteiger partial charge in [0.2, 0.25) is 0 Å². The summed E-state index contributed by atoms with van der Waals surface area (Å²) in [6.45, 7) is 12.7. The van der Waals surface area contributed by atoms with Crippen molar-refractivity contribution in [1.29, 1.82) is 0 Å². The molecule has 0 radical (unpaired) electrons. The fourth-order valence-electron chi connectivity index (χ4n) is 7.32. The Balaban J connectivity index is 2.02. The predicted octanol–water partition coefficient (Wildman–Crippen LogP) is 1.20. The van der Waals surface area contributed by atoms with Crippen LogP contribution < -0.4 is 21.2 Å². The van der Waals surface area contributed by atoms with Crippen molar-refractivity contribution in [1.82, 2.24) is 9.80 Å². The maximum atomic E-state index is 13.6. The molecule has 0 aliphatic carbocycles. The number of piperidine rings is 1. The van der Waals surface area contributed by atoms with Crippen molar-refractivity contribution >= 4 is 32.2 Å². The number of hydrogen-bond acceptors (Lipinski definition) is 9. The summed E-state index contributed by atoms with van der Waals surface area (Å²) in [4.78, 5) is 31.4. The molecule has 0 bridgehead atoms. The average molecular weight is 888 g/mol. The van der Waals surface area contributed by atoms with Gasteiger partial charge >= 0.3 is 310 Å². The van der Waals surface area contributed by atoms with Gasteiger partial charge in [-0.15, -0.1) is 0 Å². The summed E-state index contributed by atoms with van der Waals surface area (Å²) in [5, 5.41) is 34.0. The SMILES string of the molecule is CCC1[I-]C(=O)CC(O)C(C)C(OC2OC(C)C(O)C(N(C)C)C2O)C(CCN2CCCCC2)CC(C)C(=O)/C=C/C(C)=C/C1CI. The van der Waals surface area contributed by atoms with E-state index < -0.39 is 70.0 Å². The standard InChI is InChI=1S/C36H61I2N2O7/c1-8-28-27(21-37)18-22(2)12-13-29(41)23(3)19-26(14-17-40-15-10-9-11-16-40)35(24(4)30(42)20-31(43)38-28)47-36-34(45)32(39(6)7)33(44)25(5)46-36/h12-13,18,23-28,30,32-36,42,44-45H,8-11,14-17,19-21H2,1-7H3/q-1/b13-12+,22-18+. The van der Waals surface area contributed by atoms with Gasteiger partial charge in [-0.25, -0.2) is 0 Å². The molecule has 3 rings (SSSR count). The Morgan fingerprint density at radius 3 is 2.36 bits per heavy atom. The van der Waals surface area contributed by atoms with Crippen molar-refractivity contribution in [2.24, 2.45) is 23.7 Å². The third kappa shape index (κ3) is 12.0. The van der Waals surface area contributed by atoms with Crippen LogP contribution in [0.1, 0.15) is 79.6 Å². The van der Waals surface area contributed by atoms with E-state index in [4.69, 9.17) is 9.47 Å². The predicted molar refractivity (Wildman–Crippen MR) is 190 cm³/mol. The van der Waals surface area contributed by atoms with Gasteiger partial charge < -0.3 is 0 Å². The molecule has 3 aliphatic heterocycles. The van der Waals surface area contributed by atoms with Crippen LogP contribution in [0.4, 0.5) is 0 Å². The molecule has 12 atom stereocenters. The Labute approximate surface area is 307 Å². The number of carbonyl (C=O) groups excluding carboxylic acids is 2. The number of carbonyl (C=O) groups is 2. The van der Waals surface area contributed by atoms with Gasteiger partial charge in [0.1, 0.15) is 0 Å². The van der Waals surface area contributed by atoms with Crippen LogP contribution >= 0.6 is 22.6 Å². The number of nitrogens with zero attached hydrogens (tertiary/aromatic N) is 2. The Morgan fingerprint density at radius 1 is 1.06 bits per heavy atom. The molecule has 2 saturated heterocycles. The third-order valence-corrected chi connectivity index (χ3v) is 15.1. The van der Waals surface area contributed by atoms with E-state index in [-0.39, 0.29) is 37.7 Å². The quantitative estimate of drug-likeness (QED) is 0.188. The number of halogens is 2. The van der Waals surface area contributed by atoms with E-state index in [2.05, 4.69) is 40.5 Å². The van der Waals surface area contributed by atoms with Crippen LogP contribution in [0.5, 0.6) is 0 Å². The van der Waals surface area contributed by atoms with Crippen LogP contribution in [0.3, 0.4) is 0 Å². The number of rotatable bonds is 8. The van der Waals surface area contributed by atoms with Crippen molar-refractivity contribution < 1.29 is 55.6 Å². The van der Waals surface area contributed by atoms with E-state index in [1.165, 1.54) is 19.3 Å². The van der Waals surface area contributed by atoms with Gasteiger partial charge in [0.15, 0.2) is 0 Å². The van der Waals surface area contributed by atoms with Crippen molar-refractivity contribution in [3.05, 3.63) is 23.8 Å². The maximum absolute atomic E-state index is 13.6. The first-order valence-electron chi connectivity index (χ1n) is 17.6. The van der Waals surface area contributed by atoms with E-state index >= 15 is 0 Å². The normalized spacial score (nSPS) is 41.2. The van der Waals surface area contributed by atoms with E-state index in [0.717, 1.165) is 42.5 Å². The molecule has 0 aromatic rings. The number of aliphatic hydroxyl groups is 3. The molecular formula is C36H61I2N2O7-. The average Bonchev–Trinajstić information content (AvgIpc) is 3.04. The van der Waals surface area contributed by atoms with Gasteiger partial charge in [-0.3, -0.25) is 0 Å². The van der Waals surface area contributed by atoms with Crippen LogP contribution in [0, 0.1) is 23.7 Å². The van der Waals surface area contributed by atoms with Crippen LogP contribution in [-0.2, 0) is 19.1 Å². The monoisotopic (exact) mass is 887 g/mol. The fourth-order valence-corrected chi connectivity index (χ4v) is 12.1. The molecule has 2 fully saturated rings. The molecule has 9 nitrogen and oxygen atoms in total. The zero-order valence-corrected chi connectivity index (χ0v) is 33.9. The molecular weight excluding hydrogens is 826 g/mol. The van der Waals surface area contributed by atoms with Crippen molar-refractivity contribution in [3.63, 3.8) is 0 Å². The summed E-state index contributed by atoms with van der Waals surface area (Å²) >= 11 is 1.54. The number of allylic oxidation sites excluding steroid dienone is 4. The van der Waals surface area contributed by atoms with E-state index in [0.29, 0.717) is 6.42 Å². The summed E-state index contributed by atoms with van der Waals surface area (Å²) in [5.74, 6) is -0.611. The van der Waals surface area contributed by atoms with Crippen LogP contribution in [0.2, 0.25) is 0 Å². The van der Waals surface area contributed by atoms with Gasteiger partial charge in [-0.2, -0.15) is 0 Å². The Bertz CT molecular complexity index is 1050. The molecule has 0 amide bonds. The van der Waals surface area contributed by atoms with Gasteiger partial charge in [-0.1, -0.05) is 0 Å². The Morgan fingerprint density at radius 2 is 1.74 bits per heavy atom. The minimum atomic E-state index is -1.14. The number of hydrogen-bond donors (Lipinski definition) is 3. The number of likely N-dealkylation sites (N-methyl/N-ethyl adjacent to an activating group) is 1. The van der Waals surface area contributed by atoms with Crippen molar-refractivity contribution in [2.75, 3.05) is 38.2 Å². The minimum absolute atomic E-state index is 0.0544. The van der Waals surface area contributed by atoms with E-state index in [1.54, 1.807) is 17.9 Å². The molecule has 3 heterocycles. The second kappa shape index (κ2) is 20.1. The fraction of sp³-hybridized carbons (Fsp3) is 0.833. The summed E-state index contributed by atoms with van der Waals surface area (Å²) in [6, 6.07) is -0.605. The molecule has 3 N–H and O–H groups in total. The molecule has 0 spiro atoms. The first kappa shape index (κ1) is 41.4. The van der Waals surface area contributed by atoms with Gasteiger partial charge in [0.25, 0.3) is 0 Å². The van der Waals surface area contributed by atoms with Gasteiger partial charge in [0, 0.05) is 0 Å².